The maximum absolute atomic E-state index is 12.4. The summed E-state index contributed by atoms with van der Waals surface area (Å²) in [6, 6.07) is 13.2. The average molecular weight is 321 g/mol. The van der Waals surface area contributed by atoms with Crippen LogP contribution in [-0.4, -0.2) is 17.5 Å². The topological polar surface area (TPSA) is 32.3 Å². The van der Waals surface area contributed by atoms with Gasteiger partial charge in [-0.1, -0.05) is 53.5 Å². The number of urea groups is 1. The smallest absolute Gasteiger partial charge is 0.320 e. The molecule has 1 N–H and O–H groups in total. The Morgan fingerprint density at radius 1 is 1.05 bits per heavy atom. The molecule has 1 aliphatic rings. The van der Waals surface area contributed by atoms with Crippen LogP contribution >= 0.6 is 23.2 Å². The average Bonchev–Trinajstić information content (AvgIpc) is 2.51. The number of amides is 2. The van der Waals surface area contributed by atoms with Crippen LogP contribution in [0.2, 0.25) is 10.0 Å². The van der Waals surface area contributed by atoms with Crippen LogP contribution in [0.4, 0.5) is 10.5 Å². The van der Waals surface area contributed by atoms with Gasteiger partial charge in [-0.3, -0.25) is 0 Å². The van der Waals surface area contributed by atoms with E-state index in [1.165, 1.54) is 11.1 Å². The van der Waals surface area contributed by atoms with Crippen molar-refractivity contribution in [3.05, 3.63) is 63.6 Å². The summed E-state index contributed by atoms with van der Waals surface area (Å²) in [4.78, 5) is 14.1. The van der Waals surface area contributed by atoms with Crippen molar-refractivity contribution in [2.75, 3.05) is 11.9 Å². The van der Waals surface area contributed by atoms with Gasteiger partial charge in [0.1, 0.15) is 0 Å². The molecule has 0 radical (unpaired) electrons. The molecule has 0 spiro atoms. The zero-order valence-electron chi connectivity index (χ0n) is 11.3. The first-order chi connectivity index (χ1) is 10.1. The molecular formula is C16H14Cl2N2O. The molecule has 1 aliphatic heterocycles. The molecule has 3 nitrogen and oxygen atoms in total. The number of benzene rings is 2. The molecule has 3 rings (SSSR count). The Bertz CT molecular complexity index is 688. The highest BCUT2D eigenvalue weighted by atomic mass is 35.5. The second kappa shape index (κ2) is 5.96. The van der Waals surface area contributed by atoms with E-state index in [1.54, 1.807) is 23.1 Å². The molecular weight excluding hydrogens is 307 g/mol. The molecule has 0 bridgehead atoms. The van der Waals surface area contributed by atoms with Crippen LogP contribution in [0.1, 0.15) is 11.1 Å². The normalized spacial score (nSPS) is 13.7. The number of fused-ring (bicyclic) bond motifs is 1. The molecule has 0 fully saturated rings. The fourth-order valence-corrected chi connectivity index (χ4v) is 2.81. The first-order valence-corrected chi connectivity index (χ1v) is 7.47. The van der Waals surface area contributed by atoms with Gasteiger partial charge in [0, 0.05) is 13.1 Å². The fraction of sp³-hybridized carbons (Fsp3) is 0.188. The van der Waals surface area contributed by atoms with Crippen molar-refractivity contribution in [2.24, 2.45) is 0 Å². The third-order valence-electron chi connectivity index (χ3n) is 3.61. The number of carbonyl (C=O) groups excluding carboxylic acids is 1. The van der Waals surface area contributed by atoms with Gasteiger partial charge in [0.2, 0.25) is 0 Å². The fourth-order valence-electron chi connectivity index (χ4n) is 2.46. The second-order valence-corrected chi connectivity index (χ2v) is 5.76. The van der Waals surface area contributed by atoms with Crippen LogP contribution in [0.3, 0.4) is 0 Å². The molecule has 2 amide bonds. The molecule has 0 unspecified atom stereocenters. The first-order valence-electron chi connectivity index (χ1n) is 6.72. The van der Waals surface area contributed by atoms with Crippen molar-refractivity contribution in [3.63, 3.8) is 0 Å². The maximum Gasteiger partial charge on any atom is 0.322 e. The van der Waals surface area contributed by atoms with E-state index in [4.69, 9.17) is 23.2 Å². The van der Waals surface area contributed by atoms with Gasteiger partial charge >= 0.3 is 6.03 Å². The molecule has 108 valence electrons. The van der Waals surface area contributed by atoms with E-state index in [-0.39, 0.29) is 6.03 Å². The van der Waals surface area contributed by atoms with Crippen LogP contribution in [0.25, 0.3) is 0 Å². The first kappa shape index (κ1) is 14.2. The molecule has 5 heteroatoms. The molecule has 0 atom stereocenters. The van der Waals surface area contributed by atoms with Crippen LogP contribution in [0.5, 0.6) is 0 Å². The highest BCUT2D eigenvalue weighted by Crippen LogP contribution is 2.30. The maximum atomic E-state index is 12.4. The standard InChI is InChI=1S/C16H14Cl2N2O/c17-13-6-3-7-14(15(13)18)19-16(21)20-9-8-11-4-1-2-5-12(11)10-20/h1-7H,8-10H2,(H,19,21). The van der Waals surface area contributed by atoms with Gasteiger partial charge in [-0.15, -0.1) is 0 Å². The molecule has 0 aromatic heterocycles. The van der Waals surface area contributed by atoms with Crippen molar-refractivity contribution in [1.82, 2.24) is 4.90 Å². The van der Waals surface area contributed by atoms with Crippen LogP contribution < -0.4 is 5.32 Å². The van der Waals surface area contributed by atoms with Gasteiger partial charge in [-0.05, 0) is 29.7 Å². The second-order valence-electron chi connectivity index (χ2n) is 4.97. The lowest BCUT2D eigenvalue weighted by atomic mass is 10.0. The third-order valence-corrected chi connectivity index (χ3v) is 4.43. The van der Waals surface area contributed by atoms with E-state index in [0.717, 1.165) is 6.42 Å². The van der Waals surface area contributed by atoms with Crippen molar-refractivity contribution in [1.29, 1.82) is 0 Å². The molecule has 21 heavy (non-hydrogen) atoms. The highest BCUT2D eigenvalue weighted by molar-refractivity contribution is 6.43. The number of hydrogen-bond donors (Lipinski definition) is 1. The quantitative estimate of drug-likeness (QED) is 0.819. The summed E-state index contributed by atoms with van der Waals surface area (Å²) in [5, 5.41) is 3.62. The van der Waals surface area contributed by atoms with Crippen LogP contribution in [0.15, 0.2) is 42.5 Å². The van der Waals surface area contributed by atoms with Gasteiger partial charge in [0.05, 0.1) is 15.7 Å². The summed E-state index contributed by atoms with van der Waals surface area (Å²) in [5.41, 5.74) is 3.03. The number of halogens is 2. The number of carbonyl (C=O) groups is 1. The van der Waals surface area contributed by atoms with E-state index < -0.39 is 0 Å². The number of rotatable bonds is 1. The Kier molecular flexibility index (Phi) is 4.04. The van der Waals surface area contributed by atoms with Gasteiger partial charge in [-0.2, -0.15) is 0 Å². The zero-order valence-corrected chi connectivity index (χ0v) is 12.8. The van der Waals surface area contributed by atoms with E-state index in [1.807, 2.05) is 12.1 Å². The van der Waals surface area contributed by atoms with E-state index in [2.05, 4.69) is 17.4 Å². The number of hydrogen-bond acceptors (Lipinski definition) is 1. The van der Waals surface area contributed by atoms with Gasteiger partial charge in [0.15, 0.2) is 0 Å². The molecule has 0 saturated heterocycles. The summed E-state index contributed by atoms with van der Waals surface area (Å²) >= 11 is 12.0. The minimum Gasteiger partial charge on any atom is -0.320 e. The lowest BCUT2D eigenvalue weighted by Gasteiger charge is -2.29. The Morgan fingerprint density at radius 2 is 1.81 bits per heavy atom. The SMILES string of the molecule is O=C(Nc1cccc(Cl)c1Cl)N1CCc2ccccc2C1. The summed E-state index contributed by atoms with van der Waals surface area (Å²) in [5.74, 6) is 0. The zero-order chi connectivity index (χ0) is 14.8. The minimum atomic E-state index is -0.159. The number of anilines is 1. The highest BCUT2D eigenvalue weighted by Gasteiger charge is 2.21. The molecule has 2 aromatic carbocycles. The minimum absolute atomic E-state index is 0.159. The van der Waals surface area contributed by atoms with Gasteiger partial charge in [0.25, 0.3) is 0 Å². The summed E-state index contributed by atoms with van der Waals surface area (Å²) < 4.78 is 0. The lowest BCUT2D eigenvalue weighted by molar-refractivity contribution is 0.206. The van der Waals surface area contributed by atoms with Gasteiger partial charge < -0.3 is 10.2 Å². The largest absolute Gasteiger partial charge is 0.322 e. The lowest BCUT2D eigenvalue weighted by Crippen LogP contribution is -2.38. The summed E-state index contributed by atoms with van der Waals surface area (Å²) in [7, 11) is 0. The van der Waals surface area contributed by atoms with Crippen LogP contribution in [0, 0.1) is 0 Å². The van der Waals surface area contributed by atoms with E-state index in [9.17, 15) is 4.79 Å². The predicted octanol–water partition coefficient (Wildman–Crippen LogP) is 4.58. The van der Waals surface area contributed by atoms with Crippen LogP contribution in [-0.2, 0) is 13.0 Å². The Balaban J connectivity index is 1.74. The molecule has 2 aromatic rings. The van der Waals surface area contributed by atoms with Crippen molar-refractivity contribution in [3.8, 4) is 0 Å². The monoisotopic (exact) mass is 320 g/mol. The summed E-state index contributed by atoms with van der Waals surface area (Å²) in [6.45, 7) is 1.31. The number of nitrogens with one attached hydrogen (secondary N) is 1. The van der Waals surface area contributed by atoms with E-state index >= 15 is 0 Å². The Labute approximate surface area is 133 Å². The van der Waals surface area contributed by atoms with Crippen molar-refractivity contribution >= 4 is 34.9 Å². The molecule has 0 aliphatic carbocycles. The van der Waals surface area contributed by atoms with Gasteiger partial charge in [-0.25, -0.2) is 4.79 Å². The Hall–Kier alpha value is -1.71. The predicted molar refractivity (Wildman–Crippen MR) is 86.0 cm³/mol. The summed E-state index contributed by atoms with van der Waals surface area (Å²) in [6.07, 6.45) is 0.868. The molecule has 0 saturated carbocycles. The van der Waals surface area contributed by atoms with Crippen molar-refractivity contribution < 1.29 is 4.79 Å². The number of nitrogens with zero attached hydrogens (tertiary/aromatic N) is 1. The Morgan fingerprint density at radius 3 is 2.62 bits per heavy atom. The molecule has 1 heterocycles. The van der Waals surface area contributed by atoms with E-state index in [0.29, 0.717) is 28.8 Å². The third kappa shape index (κ3) is 2.99. The van der Waals surface area contributed by atoms with Crippen molar-refractivity contribution in [2.45, 2.75) is 13.0 Å².